The number of hydrogen-bond acceptors (Lipinski definition) is 4. The summed E-state index contributed by atoms with van der Waals surface area (Å²) in [4.78, 5) is 20.3. The van der Waals surface area contributed by atoms with Crippen molar-refractivity contribution in [2.24, 2.45) is 4.99 Å². The van der Waals surface area contributed by atoms with E-state index in [9.17, 15) is 4.79 Å². The van der Waals surface area contributed by atoms with Gasteiger partial charge in [0.25, 0.3) is 0 Å². The number of likely N-dealkylation sites (N-methyl/N-ethyl adjacent to an activating group) is 1. The lowest BCUT2D eigenvalue weighted by molar-refractivity contribution is -0.127. The number of morpholine rings is 1. The summed E-state index contributed by atoms with van der Waals surface area (Å²) in [5, 5.41) is 6.74. The van der Waals surface area contributed by atoms with Gasteiger partial charge >= 0.3 is 0 Å². The Morgan fingerprint density at radius 2 is 1.76 bits per heavy atom. The standard InChI is InChI=1S/C21H35N5O2.HI/c1-17-6-5-7-18(2)19(17)8-9-22-21(24-16-20(27)25(3)4)23-10-11-26-12-14-28-15-13-26;/h5-7H,8-16H2,1-4H3,(H2,22,23,24);1H. The number of amides is 1. The predicted octanol–water partition coefficient (Wildman–Crippen LogP) is 1.42. The van der Waals surface area contributed by atoms with Crippen molar-refractivity contribution < 1.29 is 9.53 Å². The smallest absolute Gasteiger partial charge is 0.243 e. The van der Waals surface area contributed by atoms with Crippen molar-refractivity contribution >= 4 is 35.8 Å². The molecular weight excluding hydrogens is 481 g/mol. The molecule has 7 nitrogen and oxygen atoms in total. The number of halogens is 1. The highest BCUT2D eigenvalue weighted by atomic mass is 127. The zero-order valence-electron chi connectivity index (χ0n) is 18.2. The van der Waals surface area contributed by atoms with Crippen LogP contribution < -0.4 is 10.6 Å². The number of rotatable bonds is 8. The summed E-state index contributed by atoms with van der Waals surface area (Å²) in [6.07, 6.45) is 0.921. The van der Waals surface area contributed by atoms with E-state index in [2.05, 4.69) is 52.6 Å². The fraction of sp³-hybridized carbons (Fsp3) is 0.619. The van der Waals surface area contributed by atoms with Crippen molar-refractivity contribution in [2.45, 2.75) is 20.3 Å². The summed E-state index contributed by atoms with van der Waals surface area (Å²) < 4.78 is 5.39. The van der Waals surface area contributed by atoms with Crippen LogP contribution in [0.5, 0.6) is 0 Å². The van der Waals surface area contributed by atoms with Crippen LogP contribution in [-0.2, 0) is 16.0 Å². The Bertz CT molecular complexity index is 640. The van der Waals surface area contributed by atoms with Gasteiger partial charge in [-0.2, -0.15) is 0 Å². The largest absolute Gasteiger partial charge is 0.379 e. The maximum absolute atomic E-state index is 11.9. The minimum Gasteiger partial charge on any atom is -0.379 e. The van der Waals surface area contributed by atoms with Crippen LogP contribution in [0.4, 0.5) is 0 Å². The number of ether oxygens (including phenoxy) is 1. The van der Waals surface area contributed by atoms with Crippen molar-refractivity contribution in [2.75, 3.05) is 66.6 Å². The third-order valence-electron chi connectivity index (χ3n) is 5.01. The van der Waals surface area contributed by atoms with Gasteiger partial charge in [0.05, 0.1) is 13.2 Å². The number of carbonyl (C=O) groups is 1. The van der Waals surface area contributed by atoms with Crippen LogP contribution in [0.25, 0.3) is 0 Å². The molecule has 1 aliphatic heterocycles. The number of nitrogens with one attached hydrogen (secondary N) is 2. The molecule has 1 aromatic rings. The average molecular weight is 517 g/mol. The molecule has 1 heterocycles. The first kappa shape index (κ1) is 25.6. The predicted molar refractivity (Wildman–Crippen MR) is 129 cm³/mol. The Morgan fingerprint density at radius 1 is 1.14 bits per heavy atom. The van der Waals surface area contributed by atoms with Crippen LogP contribution in [0, 0.1) is 13.8 Å². The van der Waals surface area contributed by atoms with Gasteiger partial charge in [-0.1, -0.05) is 18.2 Å². The first-order valence-electron chi connectivity index (χ1n) is 10.0. The van der Waals surface area contributed by atoms with Crippen LogP contribution in [0.3, 0.4) is 0 Å². The number of aliphatic imine (C=N–C) groups is 1. The molecule has 0 atom stereocenters. The van der Waals surface area contributed by atoms with E-state index in [1.807, 2.05) is 0 Å². The zero-order chi connectivity index (χ0) is 20.4. The number of nitrogens with zero attached hydrogens (tertiary/aromatic N) is 3. The highest BCUT2D eigenvalue weighted by molar-refractivity contribution is 14.0. The molecule has 0 radical (unpaired) electrons. The van der Waals surface area contributed by atoms with E-state index >= 15 is 0 Å². The third-order valence-corrected chi connectivity index (χ3v) is 5.01. The molecule has 1 aliphatic rings. The van der Waals surface area contributed by atoms with Gasteiger partial charge in [-0.3, -0.25) is 9.69 Å². The molecule has 0 spiro atoms. The molecule has 8 heteroatoms. The van der Waals surface area contributed by atoms with Crippen LogP contribution in [0.1, 0.15) is 16.7 Å². The van der Waals surface area contributed by atoms with Gasteiger partial charge in [0.15, 0.2) is 5.96 Å². The second-order valence-corrected chi connectivity index (χ2v) is 7.38. The molecule has 0 aromatic heterocycles. The molecule has 0 bridgehead atoms. The van der Waals surface area contributed by atoms with Gasteiger partial charge in [0.1, 0.15) is 6.54 Å². The van der Waals surface area contributed by atoms with Crippen LogP contribution in [0.15, 0.2) is 23.2 Å². The molecule has 1 aromatic carbocycles. The number of benzene rings is 1. The second-order valence-electron chi connectivity index (χ2n) is 7.38. The lowest BCUT2D eigenvalue weighted by Crippen LogP contribution is -2.45. The van der Waals surface area contributed by atoms with E-state index < -0.39 is 0 Å². The molecule has 2 rings (SSSR count). The second kappa shape index (κ2) is 13.8. The topological polar surface area (TPSA) is 69.2 Å². The molecule has 1 fully saturated rings. The third kappa shape index (κ3) is 9.31. The summed E-state index contributed by atoms with van der Waals surface area (Å²) in [6.45, 7) is 10.4. The van der Waals surface area contributed by atoms with Crippen molar-refractivity contribution in [3.05, 3.63) is 34.9 Å². The van der Waals surface area contributed by atoms with Crippen LogP contribution in [0.2, 0.25) is 0 Å². The molecule has 164 valence electrons. The highest BCUT2D eigenvalue weighted by Crippen LogP contribution is 2.13. The van der Waals surface area contributed by atoms with Crippen LogP contribution in [-0.4, -0.2) is 88.2 Å². The van der Waals surface area contributed by atoms with E-state index in [0.717, 1.165) is 52.4 Å². The number of hydrogen-bond donors (Lipinski definition) is 2. The fourth-order valence-electron chi connectivity index (χ4n) is 3.17. The Balaban J connectivity index is 0.00000420. The quantitative estimate of drug-likeness (QED) is 0.310. The highest BCUT2D eigenvalue weighted by Gasteiger charge is 2.10. The minimum absolute atomic E-state index is 0. The van der Waals surface area contributed by atoms with E-state index in [0.29, 0.717) is 5.96 Å². The van der Waals surface area contributed by atoms with Gasteiger partial charge in [-0.05, 0) is 37.0 Å². The van der Waals surface area contributed by atoms with Crippen LogP contribution >= 0.6 is 24.0 Å². The summed E-state index contributed by atoms with van der Waals surface area (Å²) >= 11 is 0. The Hall–Kier alpha value is -1.39. The normalized spacial score (nSPS) is 14.8. The maximum atomic E-state index is 11.9. The van der Waals surface area contributed by atoms with Gasteiger partial charge in [-0.25, -0.2) is 4.99 Å². The van der Waals surface area contributed by atoms with Crippen molar-refractivity contribution in [3.8, 4) is 0 Å². The fourth-order valence-corrected chi connectivity index (χ4v) is 3.17. The summed E-state index contributed by atoms with van der Waals surface area (Å²) in [5.41, 5.74) is 3.98. The molecule has 0 unspecified atom stereocenters. The Labute approximate surface area is 192 Å². The summed E-state index contributed by atoms with van der Waals surface area (Å²) in [6, 6.07) is 6.38. The Kier molecular flexibility index (Phi) is 12.2. The van der Waals surface area contributed by atoms with Gasteiger partial charge in [0.2, 0.25) is 5.91 Å². The molecular formula is C21H36IN5O2. The lowest BCUT2D eigenvalue weighted by atomic mass is 10.0. The molecule has 2 N–H and O–H groups in total. The molecule has 1 saturated heterocycles. The van der Waals surface area contributed by atoms with E-state index in [1.54, 1.807) is 19.0 Å². The van der Waals surface area contributed by atoms with Crippen molar-refractivity contribution in [3.63, 3.8) is 0 Å². The SMILES string of the molecule is Cc1cccc(C)c1CCNC(=NCC(=O)N(C)C)NCCN1CCOCC1.I. The maximum Gasteiger partial charge on any atom is 0.243 e. The first-order valence-corrected chi connectivity index (χ1v) is 10.0. The van der Waals surface area contributed by atoms with E-state index in [-0.39, 0.29) is 36.4 Å². The Morgan fingerprint density at radius 3 is 2.38 bits per heavy atom. The summed E-state index contributed by atoms with van der Waals surface area (Å²) in [7, 11) is 3.50. The van der Waals surface area contributed by atoms with Gasteiger partial charge in [-0.15, -0.1) is 24.0 Å². The molecule has 1 amide bonds. The number of guanidine groups is 1. The minimum atomic E-state index is -0.0102. The van der Waals surface area contributed by atoms with E-state index in [1.165, 1.54) is 16.7 Å². The van der Waals surface area contributed by atoms with E-state index in [4.69, 9.17) is 4.74 Å². The van der Waals surface area contributed by atoms with Crippen molar-refractivity contribution in [1.29, 1.82) is 0 Å². The van der Waals surface area contributed by atoms with Gasteiger partial charge in [0, 0.05) is 46.8 Å². The number of carbonyl (C=O) groups excluding carboxylic acids is 1. The molecule has 0 saturated carbocycles. The lowest BCUT2D eigenvalue weighted by Gasteiger charge is -2.26. The molecule has 29 heavy (non-hydrogen) atoms. The average Bonchev–Trinajstić information content (AvgIpc) is 2.68. The van der Waals surface area contributed by atoms with Crippen molar-refractivity contribution in [1.82, 2.24) is 20.4 Å². The first-order chi connectivity index (χ1) is 13.5. The molecule has 0 aliphatic carbocycles. The number of aryl methyl sites for hydroxylation is 2. The monoisotopic (exact) mass is 517 g/mol. The zero-order valence-corrected chi connectivity index (χ0v) is 20.5. The summed E-state index contributed by atoms with van der Waals surface area (Å²) in [5.74, 6) is 0.679. The van der Waals surface area contributed by atoms with Gasteiger partial charge < -0.3 is 20.3 Å².